The Balaban J connectivity index is 1.71. The number of esters is 1. The van der Waals surface area contributed by atoms with E-state index >= 15 is 0 Å². The van der Waals surface area contributed by atoms with Crippen molar-refractivity contribution < 1.29 is 23.9 Å². The highest BCUT2D eigenvalue weighted by atomic mass is 35.5. The Labute approximate surface area is 210 Å². The quantitative estimate of drug-likeness (QED) is 0.296. The average molecular weight is 509 g/mol. The molecule has 1 saturated heterocycles. The molecule has 0 unspecified atom stereocenters. The summed E-state index contributed by atoms with van der Waals surface area (Å²) >= 11 is 12.5. The summed E-state index contributed by atoms with van der Waals surface area (Å²) < 4.78 is 4.66. The minimum Gasteiger partial charge on any atom is -0.465 e. The SMILES string of the molecule is COC(=O)c1ccc(N2C(=O)NC(=O)/C(=C\c3cc(Cl)ccc3Cc3ccccc3Cl)C2=O)cc1. The van der Waals surface area contributed by atoms with Crippen LogP contribution in [0.1, 0.15) is 27.0 Å². The number of halogens is 2. The third kappa shape index (κ3) is 5.11. The topological polar surface area (TPSA) is 92.8 Å². The molecule has 0 radical (unpaired) electrons. The van der Waals surface area contributed by atoms with Gasteiger partial charge in [-0.25, -0.2) is 14.5 Å². The number of nitrogens with zero attached hydrogens (tertiary/aromatic N) is 1. The van der Waals surface area contributed by atoms with Crippen molar-refractivity contribution >= 4 is 58.8 Å². The Kier molecular flexibility index (Phi) is 7.00. The minimum atomic E-state index is -0.898. The lowest BCUT2D eigenvalue weighted by Gasteiger charge is -2.26. The number of ether oxygens (including phenoxy) is 1. The van der Waals surface area contributed by atoms with Crippen LogP contribution in [0.25, 0.3) is 6.08 Å². The van der Waals surface area contributed by atoms with Gasteiger partial charge < -0.3 is 4.74 Å². The minimum absolute atomic E-state index is 0.181. The molecular formula is C26H18Cl2N2O5. The molecule has 1 aliphatic heterocycles. The molecule has 1 heterocycles. The Hall–Kier alpha value is -3.94. The van der Waals surface area contributed by atoms with Gasteiger partial charge in [-0.3, -0.25) is 14.9 Å². The van der Waals surface area contributed by atoms with E-state index in [2.05, 4.69) is 10.1 Å². The predicted molar refractivity (Wildman–Crippen MR) is 132 cm³/mol. The van der Waals surface area contributed by atoms with Crippen LogP contribution in [0.3, 0.4) is 0 Å². The summed E-state index contributed by atoms with van der Waals surface area (Å²) in [4.78, 5) is 50.9. The fourth-order valence-electron chi connectivity index (χ4n) is 3.62. The molecule has 4 rings (SSSR count). The van der Waals surface area contributed by atoms with Crippen molar-refractivity contribution in [3.8, 4) is 0 Å². The second-order valence-electron chi connectivity index (χ2n) is 7.61. The summed E-state index contributed by atoms with van der Waals surface area (Å²) in [5.41, 5.74) is 2.35. The van der Waals surface area contributed by atoms with Gasteiger partial charge in [0.1, 0.15) is 5.57 Å². The summed E-state index contributed by atoms with van der Waals surface area (Å²) in [6.45, 7) is 0. The van der Waals surface area contributed by atoms with Crippen LogP contribution in [0.4, 0.5) is 10.5 Å². The molecule has 176 valence electrons. The van der Waals surface area contributed by atoms with Crippen LogP contribution in [0, 0.1) is 0 Å². The first kappa shape index (κ1) is 24.2. The van der Waals surface area contributed by atoms with Crippen molar-refractivity contribution in [2.45, 2.75) is 6.42 Å². The number of carbonyl (C=O) groups excluding carboxylic acids is 4. The number of rotatable bonds is 5. The van der Waals surface area contributed by atoms with Gasteiger partial charge in [0.05, 0.1) is 18.4 Å². The van der Waals surface area contributed by atoms with Crippen LogP contribution in [0.15, 0.2) is 72.3 Å². The van der Waals surface area contributed by atoms with Gasteiger partial charge in [0.15, 0.2) is 0 Å². The highest BCUT2D eigenvalue weighted by Gasteiger charge is 2.37. The Morgan fingerprint density at radius 3 is 2.37 bits per heavy atom. The zero-order valence-electron chi connectivity index (χ0n) is 18.4. The molecule has 0 spiro atoms. The highest BCUT2D eigenvalue weighted by molar-refractivity contribution is 6.39. The lowest BCUT2D eigenvalue weighted by Crippen LogP contribution is -2.54. The molecule has 0 saturated carbocycles. The molecular weight excluding hydrogens is 491 g/mol. The van der Waals surface area contributed by atoms with Gasteiger partial charge in [0.2, 0.25) is 0 Å². The number of amides is 4. The molecule has 0 aliphatic carbocycles. The molecule has 7 nitrogen and oxygen atoms in total. The number of hydrogen-bond acceptors (Lipinski definition) is 5. The normalized spacial score (nSPS) is 14.8. The Morgan fingerprint density at radius 2 is 1.69 bits per heavy atom. The van der Waals surface area contributed by atoms with E-state index < -0.39 is 23.8 Å². The molecule has 3 aromatic rings. The van der Waals surface area contributed by atoms with Crippen LogP contribution in [-0.2, 0) is 20.7 Å². The van der Waals surface area contributed by atoms with Gasteiger partial charge in [-0.2, -0.15) is 0 Å². The monoisotopic (exact) mass is 508 g/mol. The summed E-state index contributed by atoms with van der Waals surface area (Å²) in [6, 6.07) is 17.2. The van der Waals surface area contributed by atoms with Crippen LogP contribution in [0.2, 0.25) is 10.0 Å². The summed E-state index contributed by atoms with van der Waals surface area (Å²) in [6.07, 6.45) is 1.83. The van der Waals surface area contributed by atoms with Crippen molar-refractivity contribution in [1.29, 1.82) is 0 Å². The fourth-order valence-corrected chi connectivity index (χ4v) is 4.00. The van der Waals surface area contributed by atoms with E-state index in [1.165, 1.54) is 37.5 Å². The molecule has 1 N–H and O–H groups in total. The molecule has 35 heavy (non-hydrogen) atoms. The van der Waals surface area contributed by atoms with Crippen LogP contribution in [0.5, 0.6) is 0 Å². The maximum Gasteiger partial charge on any atom is 0.337 e. The number of benzene rings is 3. The molecule has 9 heteroatoms. The number of anilines is 1. The number of carbonyl (C=O) groups is 4. The first-order valence-corrected chi connectivity index (χ1v) is 11.2. The first-order valence-electron chi connectivity index (χ1n) is 10.4. The zero-order valence-corrected chi connectivity index (χ0v) is 19.9. The highest BCUT2D eigenvalue weighted by Crippen LogP contribution is 2.27. The number of hydrogen-bond donors (Lipinski definition) is 1. The van der Waals surface area contributed by atoms with Gasteiger partial charge in [-0.1, -0.05) is 47.5 Å². The average Bonchev–Trinajstić information content (AvgIpc) is 2.84. The number of imide groups is 2. The van der Waals surface area contributed by atoms with Gasteiger partial charge in [0.25, 0.3) is 11.8 Å². The van der Waals surface area contributed by atoms with Crippen molar-refractivity contribution in [2.24, 2.45) is 0 Å². The van der Waals surface area contributed by atoms with E-state index in [0.717, 1.165) is 16.0 Å². The van der Waals surface area contributed by atoms with E-state index in [0.29, 0.717) is 22.0 Å². The number of methoxy groups -OCH3 is 1. The fraction of sp³-hybridized carbons (Fsp3) is 0.0769. The molecule has 0 aromatic heterocycles. The molecule has 0 atom stereocenters. The van der Waals surface area contributed by atoms with Crippen molar-refractivity contribution in [3.05, 3.63) is 105 Å². The second-order valence-corrected chi connectivity index (χ2v) is 8.45. The number of urea groups is 1. The Bertz CT molecular complexity index is 1380. The zero-order chi connectivity index (χ0) is 25.1. The smallest absolute Gasteiger partial charge is 0.337 e. The number of barbiturate groups is 1. The summed E-state index contributed by atoms with van der Waals surface area (Å²) in [5.74, 6) is -2.20. The number of nitrogens with one attached hydrogen (secondary N) is 1. The largest absolute Gasteiger partial charge is 0.465 e. The molecule has 1 aliphatic rings. The van der Waals surface area contributed by atoms with Gasteiger partial charge >= 0.3 is 12.0 Å². The van der Waals surface area contributed by atoms with Crippen molar-refractivity contribution in [2.75, 3.05) is 12.0 Å². The van der Waals surface area contributed by atoms with Crippen molar-refractivity contribution in [1.82, 2.24) is 5.32 Å². The van der Waals surface area contributed by atoms with E-state index in [9.17, 15) is 19.2 Å². The van der Waals surface area contributed by atoms with Gasteiger partial charge in [-0.15, -0.1) is 0 Å². The maximum absolute atomic E-state index is 13.3. The third-order valence-electron chi connectivity index (χ3n) is 5.39. The van der Waals surface area contributed by atoms with Crippen molar-refractivity contribution in [3.63, 3.8) is 0 Å². The lowest BCUT2D eigenvalue weighted by atomic mass is 9.97. The van der Waals surface area contributed by atoms with E-state index in [4.69, 9.17) is 23.2 Å². The first-order chi connectivity index (χ1) is 16.8. The standard InChI is InChI=1S/C26H18Cl2N2O5/c1-35-25(33)15-7-10-20(11-8-15)30-24(32)21(23(31)29-26(30)34)14-18-13-19(27)9-6-16(18)12-17-4-2-3-5-22(17)28/h2-11,13-14H,12H2,1H3,(H,29,31,34)/b21-14+. The third-order valence-corrected chi connectivity index (χ3v) is 6.00. The molecule has 0 bridgehead atoms. The molecule has 1 fully saturated rings. The lowest BCUT2D eigenvalue weighted by molar-refractivity contribution is -0.122. The summed E-state index contributed by atoms with van der Waals surface area (Å²) in [5, 5.41) is 3.18. The predicted octanol–water partition coefficient (Wildman–Crippen LogP) is 5.04. The Morgan fingerprint density at radius 1 is 0.971 bits per heavy atom. The second kappa shape index (κ2) is 10.1. The maximum atomic E-state index is 13.3. The van der Waals surface area contributed by atoms with E-state index in [1.807, 2.05) is 18.2 Å². The molecule has 4 amide bonds. The van der Waals surface area contributed by atoms with Crippen LogP contribution >= 0.6 is 23.2 Å². The van der Waals surface area contributed by atoms with E-state index in [1.54, 1.807) is 24.3 Å². The van der Waals surface area contributed by atoms with Crippen LogP contribution < -0.4 is 10.2 Å². The van der Waals surface area contributed by atoms with Gasteiger partial charge in [0, 0.05) is 10.0 Å². The molecule has 3 aromatic carbocycles. The summed E-state index contributed by atoms with van der Waals surface area (Å²) in [7, 11) is 1.25. The van der Waals surface area contributed by atoms with E-state index in [-0.39, 0.29) is 16.8 Å². The van der Waals surface area contributed by atoms with Crippen LogP contribution in [-0.4, -0.2) is 30.9 Å². The van der Waals surface area contributed by atoms with Gasteiger partial charge in [-0.05, 0) is 71.7 Å².